The molecule has 0 unspecified atom stereocenters. The first kappa shape index (κ1) is 9.95. The smallest absolute Gasteiger partial charge is 0.207 e. The molecule has 62 valence electrons. The number of aliphatic imine (C=N–C) groups is 1. The average molecular weight is 153 g/mol. The van der Waals surface area contributed by atoms with Crippen LogP contribution >= 0.6 is 0 Å². The Kier molecular flexibility index (Phi) is 5.17. The van der Waals surface area contributed by atoms with Crippen molar-refractivity contribution in [1.82, 2.24) is 0 Å². The van der Waals surface area contributed by atoms with Crippen LogP contribution in [0.15, 0.2) is 29.3 Å². The number of hydrogen-bond donors (Lipinski definition) is 0. The Labute approximate surface area is 68.3 Å². The van der Waals surface area contributed by atoms with E-state index >= 15 is 0 Å². The number of hydrogen-bond acceptors (Lipinski definition) is 2. The van der Waals surface area contributed by atoms with Crippen LogP contribution in [-0.4, -0.2) is 20.1 Å². The number of methoxy groups -OCH3 is 1. The summed E-state index contributed by atoms with van der Waals surface area (Å²) >= 11 is 0. The third kappa shape index (κ3) is 5.40. The summed E-state index contributed by atoms with van der Waals surface area (Å²) in [6.45, 7) is 5.76. The van der Waals surface area contributed by atoms with Crippen LogP contribution in [-0.2, 0) is 4.74 Å². The molecule has 0 spiro atoms. The van der Waals surface area contributed by atoms with E-state index in [-0.39, 0.29) is 0 Å². The largest absolute Gasteiger partial charge is 0.481 e. The van der Waals surface area contributed by atoms with Crippen molar-refractivity contribution in [3.8, 4) is 0 Å². The quantitative estimate of drug-likeness (QED) is 0.346. The van der Waals surface area contributed by atoms with Crippen molar-refractivity contribution in [2.45, 2.75) is 13.3 Å². The van der Waals surface area contributed by atoms with Crippen LogP contribution in [0, 0.1) is 0 Å². The highest BCUT2D eigenvalue weighted by Crippen LogP contribution is 1.96. The van der Waals surface area contributed by atoms with Crippen molar-refractivity contribution in [3.63, 3.8) is 0 Å². The van der Waals surface area contributed by atoms with Crippen molar-refractivity contribution in [2.75, 3.05) is 14.2 Å². The number of allylic oxidation sites excluding steroid dienone is 2. The van der Waals surface area contributed by atoms with E-state index in [1.807, 2.05) is 19.1 Å². The molecule has 2 heteroatoms. The van der Waals surface area contributed by atoms with Gasteiger partial charge in [-0.05, 0) is 19.4 Å². The molecule has 11 heavy (non-hydrogen) atoms. The summed E-state index contributed by atoms with van der Waals surface area (Å²) in [5, 5.41) is 0. The molecule has 0 N–H and O–H groups in total. The molecule has 0 bridgehead atoms. The SMILES string of the molecule is C=C(C)C/C=C\C(=N/C)OC. The summed E-state index contributed by atoms with van der Waals surface area (Å²) < 4.78 is 4.91. The van der Waals surface area contributed by atoms with E-state index in [1.165, 1.54) is 0 Å². The Balaban J connectivity index is 3.81. The molecule has 0 rings (SSSR count). The fraction of sp³-hybridized carbons (Fsp3) is 0.444. The lowest BCUT2D eigenvalue weighted by molar-refractivity contribution is 0.406. The Morgan fingerprint density at radius 2 is 2.27 bits per heavy atom. The molecule has 2 nitrogen and oxygen atoms in total. The molecule has 0 aromatic carbocycles. The summed E-state index contributed by atoms with van der Waals surface area (Å²) in [6, 6.07) is 0. The summed E-state index contributed by atoms with van der Waals surface area (Å²) in [7, 11) is 3.30. The van der Waals surface area contributed by atoms with Crippen LogP contribution in [0.1, 0.15) is 13.3 Å². The van der Waals surface area contributed by atoms with Crippen molar-refractivity contribution >= 4 is 5.90 Å². The zero-order valence-corrected chi connectivity index (χ0v) is 7.42. The van der Waals surface area contributed by atoms with E-state index in [0.29, 0.717) is 5.90 Å². The van der Waals surface area contributed by atoms with E-state index < -0.39 is 0 Å². The van der Waals surface area contributed by atoms with Gasteiger partial charge in [0.1, 0.15) is 0 Å². The monoisotopic (exact) mass is 153 g/mol. The third-order valence-electron chi connectivity index (χ3n) is 1.16. The summed E-state index contributed by atoms with van der Waals surface area (Å²) in [5.74, 6) is 0.645. The zero-order valence-electron chi connectivity index (χ0n) is 7.42. The number of ether oxygens (including phenoxy) is 1. The van der Waals surface area contributed by atoms with Gasteiger partial charge < -0.3 is 4.74 Å². The zero-order chi connectivity index (χ0) is 8.69. The molecule has 0 atom stereocenters. The van der Waals surface area contributed by atoms with Crippen LogP contribution in [0.25, 0.3) is 0 Å². The highest BCUT2D eigenvalue weighted by Gasteiger charge is 1.86. The number of rotatable bonds is 3. The Morgan fingerprint density at radius 1 is 1.64 bits per heavy atom. The second kappa shape index (κ2) is 5.71. The molecular formula is C9H15NO. The van der Waals surface area contributed by atoms with Crippen LogP contribution < -0.4 is 0 Å². The van der Waals surface area contributed by atoms with Gasteiger partial charge in [-0.3, -0.25) is 4.99 Å². The molecule has 0 aliphatic carbocycles. The average Bonchev–Trinajstić information content (AvgIpc) is 1.98. The van der Waals surface area contributed by atoms with Gasteiger partial charge in [0.25, 0.3) is 0 Å². The molecule has 0 radical (unpaired) electrons. The molecular weight excluding hydrogens is 138 g/mol. The first-order valence-electron chi connectivity index (χ1n) is 3.52. The first-order chi connectivity index (χ1) is 5.20. The van der Waals surface area contributed by atoms with Gasteiger partial charge in [0.05, 0.1) is 7.11 Å². The molecule has 0 aliphatic heterocycles. The van der Waals surface area contributed by atoms with Crippen molar-refractivity contribution in [2.24, 2.45) is 4.99 Å². The van der Waals surface area contributed by atoms with Gasteiger partial charge in [-0.2, -0.15) is 0 Å². The summed E-state index contributed by atoms with van der Waals surface area (Å²) in [4.78, 5) is 3.88. The topological polar surface area (TPSA) is 21.6 Å². The van der Waals surface area contributed by atoms with Crippen LogP contribution in [0.2, 0.25) is 0 Å². The predicted octanol–water partition coefficient (Wildman–Crippen LogP) is 2.18. The molecule has 0 saturated carbocycles. The van der Waals surface area contributed by atoms with E-state index in [4.69, 9.17) is 4.74 Å². The lowest BCUT2D eigenvalue weighted by Crippen LogP contribution is -1.94. The normalized spacial score (nSPS) is 12.1. The third-order valence-corrected chi connectivity index (χ3v) is 1.16. The second-order valence-corrected chi connectivity index (χ2v) is 2.33. The van der Waals surface area contributed by atoms with Gasteiger partial charge in [-0.15, -0.1) is 0 Å². The van der Waals surface area contributed by atoms with Crippen molar-refractivity contribution in [1.29, 1.82) is 0 Å². The maximum Gasteiger partial charge on any atom is 0.207 e. The van der Waals surface area contributed by atoms with Gasteiger partial charge in [-0.25, -0.2) is 0 Å². The minimum Gasteiger partial charge on any atom is -0.481 e. The fourth-order valence-electron chi connectivity index (χ4n) is 0.595. The van der Waals surface area contributed by atoms with E-state index in [1.54, 1.807) is 14.2 Å². The van der Waals surface area contributed by atoms with E-state index in [9.17, 15) is 0 Å². The second-order valence-electron chi connectivity index (χ2n) is 2.33. The molecule has 0 fully saturated rings. The van der Waals surface area contributed by atoms with Crippen LogP contribution in [0.3, 0.4) is 0 Å². The minimum absolute atomic E-state index is 0.645. The van der Waals surface area contributed by atoms with Crippen LogP contribution in [0.5, 0.6) is 0 Å². The minimum atomic E-state index is 0.645. The predicted molar refractivity (Wildman–Crippen MR) is 48.9 cm³/mol. The molecule has 0 aromatic heterocycles. The van der Waals surface area contributed by atoms with Crippen LogP contribution in [0.4, 0.5) is 0 Å². The Bertz CT molecular complexity index is 180. The Hall–Kier alpha value is -1.05. The van der Waals surface area contributed by atoms with E-state index in [2.05, 4.69) is 11.6 Å². The molecule has 0 heterocycles. The van der Waals surface area contributed by atoms with Gasteiger partial charge >= 0.3 is 0 Å². The molecule has 0 saturated heterocycles. The maximum atomic E-state index is 4.91. The fourth-order valence-corrected chi connectivity index (χ4v) is 0.595. The standard InChI is InChI=1S/C9H15NO/c1-8(2)6-5-7-9(10-3)11-4/h5,7H,1,6H2,2-4H3/b7-5-,10-9+. The number of nitrogens with zero attached hydrogens (tertiary/aromatic N) is 1. The highest BCUT2D eigenvalue weighted by atomic mass is 16.5. The van der Waals surface area contributed by atoms with Crippen molar-refractivity contribution in [3.05, 3.63) is 24.3 Å². The van der Waals surface area contributed by atoms with Gasteiger partial charge in [0, 0.05) is 7.05 Å². The summed E-state index contributed by atoms with van der Waals surface area (Å²) in [5.41, 5.74) is 1.13. The highest BCUT2D eigenvalue weighted by molar-refractivity contribution is 5.87. The molecule has 0 amide bonds. The van der Waals surface area contributed by atoms with E-state index in [0.717, 1.165) is 12.0 Å². The molecule has 0 aliphatic rings. The molecule has 0 aromatic rings. The van der Waals surface area contributed by atoms with Crippen molar-refractivity contribution < 1.29 is 4.74 Å². The lowest BCUT2D eigenvalue weighted by Gasteiger charge is -1.95. The summed E-state index contributed by atoms with van der Waals surface area (Å²) in [6.07, 6.45) is 4.70. The van der Waals surface area contributed by atoms with Gasteiger partial charge in [-0.1, -0.05) is 18.2 Å². The first-order valence-corrected chi connectivity index (χ1v) is 3.52. The lowest BCUT2D eigenvalue weighted by atomic mass is 10.2. The van der Waals surface area contributed by atoms with Gasteiger partial charge in [0.15, 0.2) is 0 Å². The Morgan fingerprint density at radius 3 is 2.64 bits per heavy atom. The van der Waals surface area contributed by atoms with Gasteiger partial charge in [0.2, 0.25) is 5.90 Å². The maximum absolute atomic E-state index is 4.91.